The highest BCUT2D eigenvalue weighted by Crippen LogP contribution is 2.19. The van der Waals surface area contributed by atoms with Crippen LogP contribution in [-0.4, -0.2) is 11.5 Å². The van der Waals surface area contributed by atoms with Crippen LogP contribution < -0.4 is 5.32 Å². The minimum Gasteiger partial charge on any atom is -0.361 e. The molecular formula is C9H16N2S. The number of hydrogen-bond acceptors (Lipinski definition) is 3. The molecule has 1 heterocycles. The van der Waals surface area contributed by atoms with Crippen LogP contribution in [0.15, 0.2) is 6.20 Å². The molecule has 0 saturated heterocycles. The summed E-state index contributed by atoms with van der Waals surface area (Å²) in [5.41, 5.74) is 0.319. The summed E-state index contributed by atoms with van der Waals surface area (Å²) in [5, 5.41) is 4.34. The molecule has 1 aromatic rings. The molecular weight excluding hydrogens is 168 g/mol. The van der Waals surface area contributed by atoms with Crippen LogP contribution >= 0.6 is 11.3 Å². The van der Waals surface area contributed by atoms with Gasteiger partial charge in [0.25, 0.3) is 0 Å². The van der Waals surface area contributed by atoms with E-state index in [1.54, 1.807) is 11.3 Å². The van der Waals surface area contributed by atoms with Crippen molar-refractivity contribution in [2.45, 2.75) is 27.7 Å². The van der Waals surface area contributed by atoms with Crippen LogP contribution in [0.5, 0.6) is 0 Å². The van der Waals surface area contributed by atoms with Gasteiger partial charge in [-0.3, -0.25) is 0 Å². The quantitative estimate of drug-likeness (QED) is 0.764. The lowest BCUT2D eigenvalue weighted by atomic mass is 9.97. The molecule has 0 radical (unpaired) electrons. The summed E-state index contributed by atoms with van der Waals surface area (Å²) in [7, 11) is 0. The smallest absolute Gasteiger partial charge is 0.182 e. The Labute approximate surface area is 78.0 Å². The highest BCUT2D eigenvalue weighted by Gasteiger charge is 2.09. The van der Waals surface area contributed by atoms with Crippen molar-refractivity contribution < 1.29 is 0 Å². The third kappa shape index (κ3) is 3.22. The molecule has 0 saturated carbocycles. The van der Waals surface area contributed by atoms with Crippen LogP contribution in [0.25, 0.3) is 0 Å². The van der Waals surface area contributed by atoms with E-state index in [0.29, 0.717) is 5.41 Å². The van der Waals surface area contributed by atoms with Gasteiger partial charge in [0, 0.05) is 17.6 Å². The molecule has 0 amide bonds. The van der Waals surface area contributed by atoms with E-state index in [0.717, 1.165) is 11.7 Å². The molecule has 0 aliphatic heterocycles. The predicted molar refractivity (Wildman–Crippen MR) is 54.8 cm³/mol. The first-order valence-electron chi connectivity index (χ1n) is 4.14. The normalized spacial score (nSPS) is 11.7. The first-order valence-corrected chi connectivity index (χ1v) is 4.95. The molecule has 0 unspecified atom stereocenters. The third-order valence-electron chi connectivity index (χ3n) is 1.39. The lowest BCUT2D eigenvalue weighted by Gasteiger charge is -2.17. The summed E-state index contributed by atoms with van der Waals surface area (Å²) >= 11 is 1.71. The maximum atomic E-state index is 4.23. The second-order valence-corrected chi connectivity index (χ2v) is 5.43. The molecule has 1 rings (SSSR count). The molecule has 0 atom stereocenters. The van der Waals surface area contributed by atoms with Crippen molar-refractivity contribution in [1.82, 2.24) is 4.98 Å². The van der Waals surface area contributed by atoms with E-state index in [2.05, 4.69) is 38.0 Å². The Kier molecular flexibility index (Phi) is 2.73. The van der Waals surface area contributed by atoms with Crippen LogP contribution in [0.4, 0.5) is 5.13 Å². The van der Waals surface area contributed by atoms with E-state index >= 15 is 0 Å². The van der Waals surface area contributed by atoms with Crippen molar-refractivity contribution >= 4 is 16.5 Å². The highest BCUT2D eigenvalue weighted by molar-refractivity contribution is 7.15. The molecule has 68 valence electrons. The van der Waals surface area contributed by atoms with Crippen molar-refractivity contribution in [1.29, 1.82) is 0 Å². The molecule has 2 nitrogen and oxygen atoms in total. The second-order valence-electron chi connectivity index (χ2n) is 4.19. The predicted octanol–water partition coefficient (Wildman–Crippen LogP) is 2.91. The minimum atomic E-state index is 0.319. The molecule has 12 heavy (non-hydrogen) atoms. The molecule has 0 bridgehead atoms. The summed E-state index contributed by atoms with van der Waals surface area (Å²) < 4.78 is 0. The maximum Gasteiger partial charge on any atom is 0.182 e. The van der Waals surface area contributed by atoms with E-state index < -0.39 is 0 Å². The zero-order valence-corrected chi connectivity index (χ0v) is 8.96. The standard InChI is InChI=1S/C9H16N2S/c1-7-5-10-8(12-7)11-6-9(2,3)4/h5H,6H2,1-4H3,(H,10,11). The van der Waals surface area contributed by atoms with Crippen LogP contribution in [0.1, 0.15) is 25.6 Å². The van der Waals surface area contributed by atoms with Crippen LogP contribution in [0.2, 0.25) is 0 Å². The average molecular weight is 184 g/mol. The van der Waals surface area contributed by atoms with E-state index in [1.165, 1.54) is 4.88 Å². The molecule has 3 heteroatoms. The van der Waals surface area contributed by atoms with Crippen molar-refractivity contribution in [3.8, 4) is 0 Å². The zero-order chi connectivity index (χ0) is 9.19. The highest BCUT2D eigenvalue weighted by atomic mass is 32.1. The summed E-state index contributed by atoms with van der Waals surface area (Å²) in [5.74, 6) is 0. The third-order valence-corrected chi connectivity index (χ3v) is 2.26. The van der Waals surface area contributed by atoms with Crippen molar-refractivity contribution in [2.75, 3.05) is 11.9 Å². The van der Waals surface area contributed by atoms with Crippen molar-refractivity contribution in [2.24, 2.45) is 5.41 Å². The van der Waals surface area contributed by atoms with Gasteiger partial charge in [-0.15, -0.1) is 11.3 Å². The minimum absolute atomic E-state index is 0.319. The Morgan fingerprint density at radius 2 is 2.17 bits per heavy atom. The number of rotatable bonds is 2. The molecule has 0 spiro atoms. The van der Waals surface area contributed by atoms with E-state index in [1.807, 2.05) is 6.20 Å². The fourth-order valence-corrected chi connectivity index (χ4v) is 1.44. The van der Waals surface area contributed by atoms with Gasteiger partial charge in [-0.05, 0) is 12.3 Å². The first-order chi connectivity index (χ1) is 5.47. The average Bonchev–Trinajstić information content (AvgIpc) is 2.30. The van der Waals surface area contributed by atoms with Gasteiger partial charge < -0.3 is 5.32 Å². The van der Waals surface area contributed by atoms with Gasteiger partial charge >= 0.3 is 0 Å². The Morgan fingerprint density at radius 3 is 2.58 bits per heavy atom. The number of thiazole rings is 1. The lowest BCUT2D eigenvalue weighted by Crippen LogP contribution is -2.18. The van der Waals surface area contributed by atoms with E-state index in [4.69, 9.17) is 0 Å². The Hall–Kier alpha value is -0.570. The van der Waals surface area contributed by atoms with E-state index in [-0.39, 0.29) is 0 Å². The van der Waals surface area contributed by atoms with Gasteiger partial charge in [-0.2, -0.15) is 0 Å². The van der Waals surface area contributed by atoms with Crippen LogP contribution in [0.3, 0.4) is 0 Å². The molecule has 0 fully saturated rings. The number of nitrogens with zero attached hydrogens (tertiary/aromatic N) is 1. The van der Waals surface area contributed by atoms with Crippen LogP contribution in [-0.2, 0) is 0 Å². The van der Waals surface area contributed by atoms with Gasteiger partial charge in [0.2, 0.25) is 0 Å². The monoisotopic (exact) mass is 184 g/mol. The molecule has 0 aliphatic carbocycles. The topological polar surface area (TPSA) is 24.9 Å². The van der Waals surface area contributed by atoms with Gasteiger partial charge in [0.05, 0.1) is 0 Å². The number of nitrogens with one attached hydrogen (secondary N) is 1. The zero-order valence-electron chi connectivity index (χ0n) is 8.14. The maximum absolute atomic E-state index is 4.23. The van der Waals surface area contributed by atoms with Crippen molar-refractivity contribution in [3.63, 3.8) is 0 Å². The molecule has 0 aliphatic rings. The number of aryl methyl sites for hydroxylation is 1. The fraction of sp³-hybridized carbons (Fsp3) is 0.667. The van der Waals surface area contributed by atoms with Gasteiger partial charge in [-0.25, -0.2) is 4.98 Å². The van der Waals surface area contributed by atoms with Crippen LogP contribution in [0, 0.1) is 12.3 Å². The SMILES string of the molecule is Cc1cnc(NCC(C)(C)C)s1. The van der Waals surface area contributed by atoms with Gasteiger partial charge in [-0.1, -0.05) is 20.8 Å². The van der Waals surface area contributed by atoms with Crippen molar-refractivity contribution in [3.05, 3.63) is 11.1 Å². The Morgan fingerprint density at radius 1 is 1.50 bits per heavy atom. The second kappa shape index (κ2) is 3.44. The largest absolute Gasteiger partial charge is 0.361 e. The molecule has 0 aromatic carbocycles. The molecule has 1 N–H and O–H groups in total. The summed E-state index contributed by atoms with van der Waals surface area (Å²) in [4.78, 5) is 5.48. The van der Waals surface area contributed by atoms with E-state index in [9.17, 15) is 0 Å². The summed E-state index contributed by atoms with van der Waals surface area (Å²) in [6, 6.07) is 0. The summed E-state index contributed by atoms with van der Waals surface area (Å²) in [6.45, 7) is 9.67. The van der Waals surface area contributed by atoms with Gasteiger partial charge in [0.1, 0.15) is 0 Å². The fourth-order valence-electron chi connectivity index (χ4n) is 0.777. The number of aromatic nitrogens is 1. The first kappa shape index (κ1) is 9.52. The number of hydrogen-bond donors (Lipinski definition) is 1. The Bertz CT molecular complexity index is 247. The Balaban J connectivity index is 2.44. The number of anilines is 1. The molecule has 1 aromatic heterocycles. The lowest BCUT2D eigenvalue weighted by molar-refractivity contribution is 0.443. The summed E-state index contributed by atoms with van der Waals surface area (Å²) in [6.07, 6.45) is 1.90. The van der Waals surface area contributed by atoms with Gasteiger partial charge in [0.15, 0.2) is 5.13 Å².